The molecule has 2 rings (SSSR count). The topological polar surface area (TPSA) is 84.7 Å². The Balaban J connectivity index is 2.22. The molecule has 0 bridgehead atoms. The van der Waals surface area contributed by atoms with Gasteiger partial charge in [-0.3, -0.25) is 0 Å². The quantitative estimate of drug-likeness (QED) is 0.816. The van der Waals surface area contributed by atoms with Crippen molar-refractivity contribution in [3.8, 4) is 0 Å². The Bertz CT molecular complexity index is 570. The lowest BCUT2D eigenvalue weighted by molar-refractivity contribution is 0.113. The third kappa shape index (κ3) is 3.45. The molecule has 1 saturated heterocycles. The molecular weight excluding hydrogens is 294 g/mol. The van der Waals surface area contributed by atoms with E-state index in [0.717, 1.165) is 0 Å². The van der Waals surface area contributed by atoms with Crippen molar-refractivity contribution in [3.63, 3.8) is 0 Å². The third-order valence-electron chi connectivity index (χ3n) is 3.63. The maximum atomic E-state index is 12.6. The van der Waals surface area contributed by atoms with E-state index >= 15 is 0 Å². The van der Waals surface area contributed by atoms with Crippen LogP contribution in [0.2, 0.25) is 0 Å². The van der Waals surface area contributed by atoms with Crippen LogP contribution in [0.25, 0.3) is 0 Å². The van der Waals surface area contributed by atoms with Gasteiger partial charge in [0.15, 0.2) is 5.03 Å². The highest BCUT2D eigenvalue weighted by Gasteiger charge is 2.41. The Morgan fingerprint density at radius 3 is 2.81 bits per heavy atom. The van der Waals surface area contributed by atoms with Crippen molar-refractivity contribution in [2.24, 2.45) is 5.92 Å². The van der Waals surface area contributed by atoms with E-state index in [1.807, 2.05) is 0 Å². The van der Waals surface area contributed by atoms with Crippen LogP contribution >= 0.6 is 0 Å². The molecule has 0 aliphatic carbocycles. The van der Waals surface area contributed by atoms with Crippen LogP contribution in [0.1, 0.15) is 20.3 Å². The Hall–Kier alpha value is -0.960. The van der Waals surface area contributed by atoms with Gasteiger partial charge >= 0.3 is 0 Å². The number of methoxy groups -OCH3 is 1. The summed E-state index contributed by atoms with van der Waals surface area (Å²) < 4.78 is 33.6. The molecule has 1 N–H and O–H groups in total. The lowest BCUT2D eigenvalue weighted by Gasteiger charge is -2.20. The van der Waals surface area contributed by atoms with Crippen LogP contribution in [0.5, 0.6) is 0 Å². The second-order valence-corrected chi connectivity index (χ2v) is 7.64. The van der Waals surface area contributed by atoms with E-state index in [1.165, 1.54) is 10.6 Å². The van der Waals surface area contributed by atoms with E-state index in [4.69, 9.17) is 4.74 Å². The molecule has 0 radical (unpaired) electrons. The highest BCUT2D eigenvalue weighted by atomic mass is 32.2. The molecule has 0 amide bonds. The molecule has 7 nitrogen and oxygen atoms in total. The molecule has 0 aromatic carbocycles. The maximum absolute atomic E-state index is 12.6. The van der Waals surface area contributed by atoms with Gasteiger partial charge in [0, 0.05) is 26.4 Å². The molecule has 0 saturated carbocycles. The predicted molar refractivity (Wildman–Crippen MR) is 77.2 cm³/mol. The molecule has 0 spiro atoms. The number of aliphatic hydroxyl groups is 1. The Labute approximate surface area is 125 Å². The fraction of sp³-hybridized carbons (Fsp3) is 0.769. The molecule has 1 aromatic heterocycles. The number of nitrogens with zero attached hydrogens (tertiary/aromatic N) is 3. The zero-order valence-electron chi connectivity index (χ0n) is 12.6. The summed E-state index contributed by atoms with van der Waals surface area (Å²) in [5.74, 6) is 0.407. The van der Waals surface area contributed by atoms with Crippen molar-refractivity contribution in [2.75, 3.05) is 20.3 Å². The summed E-state index contributed by atoms with van der Waals surface area (Å²) in [7, 11) is -2.15. The van der Waals surface area contributed by atoms with Gasteiger partial charge in [-0.05, 0) is 12.3 Å². The predicted octanol–water partition coefficient (Wildman–Crippen LogP) is 0.309. The summed E-state index contributed by atoms with van der Waals surface area (Å²) >= 11 is 0. The molecule has 1 aliphatic heterocycles. The van der Waals surface area contributed by atoms with Crippen LogP contribution in [0.3, 0.4) is 0 Å². The first-order valence-electron chi connectivity index (χ1n) is 7.05. The molecule has 2 atom stereocenters. The van der Waals surface area contributed by atoms with E-state index in [1.54, 1.807) is 17.9 Å². The molecule has 21 heavy (non-hydrogen) atoms. The van der Waals surface area contributed by atoms with Gasteiger partial charge < -0.3 is 14.4 Å². The molecule has 120 valence electrons. The molecule has 1 aliphatic rings. The van der Waals surface area contributed by atoms with E-state index in [-0.39, 0.29) is 24.3 Å². The molecule has 0 unspecified atom stereocenters. The number of hydrogen-bond donors (Lipinski definition) is 1. The first-order chi connectivity index (χ1) is 9.88. The summed E-state index contributed by atoms with van der Waals surface area (Å²) in [6, 6.07) is -0.449. The molecular formula is C13H23N3O4S. The van der Waals surface area contributed by atoms with Gasteiger partial charge in [0.1, 0.15) is 0 Å². The minimum atomic E-state index is -3.70. The third-order valence-corrected chi connectivity index (χ3v) is 5.43. The van der Waals surface area contributed by atoms with Crippen LogP contribution in [0, 0.1) is 5.92 Å². The second kappa shape index (κ2) is 6.43. The number of imidazole rings is 1. The van der Waals surface area contributed by atoms with Crippen LogP contribution in [-0.4, -0.2) is 59.8 Å². The molecule has 1 fully saturated rings. The van der Waals surface area contributed by atoms with Gasteiger partial charge in [0.05, 0.1) is 25.1 Å². The Morgan fingerprint density at radius 1 is 1.52 bits per heavy atom. The molecule has 1 aromatic rings. The van der Waals surface area contributed by atoms with Crippen molar-refractivity contribution in [1.82, 2.24) is 13.9 Å². The largest absolute Gasteiger partial charge is 0.395 e. The van der Waals surface area contributed by atoms with Gasteiger partial charge in [0.2, 0.25) is 0 Å². The highest BCUT2D eigenvalue weighted by molar-refractivity contribution is 7.89. The van der Waals surface area contributed by atoms with E-state index in [9.17, 15) is 13.5 Å². The minimum Gasteiger partial charge on any atom is -0.395 e. The average molecular weight is 317 g/mol. The van der Waals surface area contributed by atoms with E-state index in [0.29, 0.717) is 18.9 Å². The summed E-state index contributed by atoms with van der Waals surface area (Å²) in [5.41, 5.74) is 0. The van der Waals surface area contributed by atoms with Crippen LogP contribution in [0.15, 0.2) is 17.6 Å². The van der Waals surface area contributed by atoms with Gasteiger partial charge in [-0.25, -0.2) is 13.4 Å². The maximum Gasteiger partial charge on any atom is 0.262 e. The number of sulfonamides is 1. The van der Waals surface area contributed by atoms with Crippen molar-refractivity contribution >= 4 is 10.0 Å². The van der Waals surface area contributed by atoms with Gasteiger partial charge in [-0.15, -0.1) is 0 Å². The lowest BCUT2D eigenvalue weighted by atomic mass is 10.2. The first kappa shape index (κ1) is 16.4. The normalized spacial score (nSPS) is 24.0. The zero-order valence-corrected chi connectivity index (χ0v) is 13.5. The number of rotatable bonds is 6. The van der Waals surface area contributed by atoms with Crippen LogP contribution in [-0.2, 0) is 21.3 Å². The summed E-state index contributed by atoms with van der Waals surface area (Å²) in [6.07, 6.45) is 3.39. The SMILES string of the molecule is CO[C@H]1C[C@@H](CO)N(S(=O)(=O)c2cn(CC(C)C)cn2)C1. The molecule has 2 heterocycles. The summed E-state index contributed by atoms with van der Waals surface area (Å²) in [4.78, 5) is 4.02. The monoisotopic (exact) mass is 317 g/mol. The Kier molecular flexibility index (Phi) is 5.03. The first-order valence-corrected chi connectivity index (χ1v) is 8.49. The van der Waals surface area contributed by atoms with Gasteiger partial charge in [0.25, 0.3) is 10.0 Å². The summed E-state index contributed by atoms with van der Waals surface area (Å²) in [6.45, 7) is 4.86. The number of aromatic nitrogens is 2. The van der Waals surface area contributed by atoms with Crippen molar-refractivity contribution < 1.29 is 18.3 Å². The fourth-order valence-corrected chi connectivity index (χ4v) is 4.19. The minimum absolute atomic E-state index is 0.0263. The van der Waals surface area contributed by atoms with Crippen molar-refractivity contribution in [2.45, 2.75) is 44.0 Å². The molecule has 8 heteroatoms. The van der Waals surface area contributed by atoms with Crippen molar-refractivity contribution in [1.29, 1.82) is 0 Å². The van der Waals surface area contributed by atoms with Gasteiger partial charge in [-0.1, -0.05) is 13.8 Å². The number of ether oxygens (including phenoxy) is 1. The highest BCUT2D eigenvalue weighted by Crippen LogP contribution is 2.26. The standard InChI is InChI=1S/C13H23N3O4S/c1-10(2)5-15-7-13(14-9-15)21(18,19)16-6-12(20-3)4-11(16)8-17/h7,9-12,17H,4-6,8H2,1-3H3/t11-,12-/m0/s1. The van der Waals surface area contributed by atoms with Crippen molar-refractivity contribution in [3.05, 3.63) is 12.5 Å². The smallest absolute Gasteiger partial charge is 0.262 e. The zero-order chi connectivity index (χ0) is 15.6. The number of aliphatic hydroxyl groups excluding tert-OH is 1. The number of hydrogen-bond acceptors (Lipinski definition) is 5. The van der Waals surface area contributed by atoms with Gasteiger partial charge in [-0.2, -0.15) is 4.31 Å². The fourth-order valence-electron chi connectivity index (χ4n) is 2.59. The lowest BCUT2D eigenvalue weighted by Crippen LogP contribution is -2.38. The van der Waals surface area contributed by atoms with E-state index in [2.05, 4.69) is 18.8 Å². The van der Waals surface area contributed by atoms with E-state index < -0.39 is 16.1 Å². The second-order valence-electron chi connectivity index (χ2n) is 5.81. The van der Waals surface area contributed by atoms with Crippen LogP contribution < -0.4 is 0 Å². The average Bonchev–Trinajstić information content (AvgIpc) is 3.04. The Morgan fingerprint density at radius 2 is 2.24 bits per heavy atom. The summed E-state index contributed by atoms with van der Waals surface area (Å²) in [5, 5.41) is 9.42. The van der Waals surface area contributed by atoms with Crippen LogP contribution in [0.4, 0.5) is 0 Å².